The maximum absolute atomic E-state index is 14.4. The largest absolute Gasteiger partial charge is 0.411 e. The third-order valence-electron chi connectivity index (χ3n) is 9.86. The van der Waals surface area contributed by atoms with Gasteiger partial charge in [-0.25, -0.2) is 18.2 Å². The van der Waals surface area contributed by atoms with Gasteiger partial charge >= 0.3 is 6.03 Å². The zero-order valence-corrected chi connectivity index (χ0v) is 33.7. The van der Waals surface area contributed by atoms with E-state index in [0.717, 1.165) is 27.5 Å². The number of urea groups is 1. The van der Waals surface area contributed by atoms with Crippen LogP contribution in [0.1, 0.15) is 41.2 Å². The van der Waals surface area contributed by atoms with E-state index in [1.165, 1.54) is 46.1 Å². The lowest BCUT2D eigenvalue weighted by atomic mass is 9.97. The summed E-state index contributed by atoms with van der Waals surface area (Å²) in [6, 6.07) is 26.1. The summed E-state index contributed by atoms with van der Waals surface area (Å²) in [5.41, 5.74) is 4.42. The fourth-order valence-electron chi connectivity index (χ4n) is 6.95. The Hall–Kier alpha value is -5.48. The first-order valence-corrected chi connectivity index (χ1v) is 21.0. The van der Waals surface area contributed by atoms with Gasteiger partial charge in [-0.15, -0.1) is 11.3 Å². The van der Waals surface area contributed by atoms with Gasteiger partial charge in [-0.3, -0.25) is 9.78 Å². The summed E-state index contributed by atoms with van der Waals surface area (Å²) in [5, 5.41) is 29.9. The number of oxime groups is 1. The summed E-state index contributed by atoms with van der Waals surface area (Å²) in [5.74, 6) is -0.708. The normalized spacial score (nSPS) is 15.1. The van der Waals surface area contributed by atoms with E-state index in [1.807, 2.05) is 98.9 Å². The number of carbonyl (C=O) groups is 2. The summed E-state index contributed by atoms with van der Waals surface area (Å²) < 4.78 is 30.0. The van der Waals surface area contributed by atoms with E-state index < -0.39 is 34.1 Å². The molecule has 2 aromatic heterocycles. The number of aliphatic hydroxyl groups excluding tert-OH is 1. The van der Waals surface area contributed by atoms with Crippen LogP contribution in [-0.2, 0) is 34.3 Å². The minimum absolute atomic E-state index is 0.0247. The van der Waals surface area contributed by atoms with Crippen LogP contribution < -0.4 is 5.32 Å². The lowest BCUT2D eigenvalue weighted by molar-refractivity contribution is -0.128. The molecule has 3 atom stereocenters. The second kappa shape index (κ2) is 18.6. The van der Waals surface area contributed by atoms with E-state index in [-0.39, 0.29) is 36.4 Å². The highest BCUT2D eigenvalue weighted by Gasteiger charge is 2.40. The Kier molecular flexibility index (Phi) is 13.5. The molecule has 3 heterocycles. The molecule has 0 saturated carbocycles. The van der Waals surface area contributed by atoms with E-state index in [1.54, 1.807) is 16.0 Å². The second-order valence-corrected chi connectivity index (χ2v) is 17.3. The molecule has 0 unspecified atom stereocenters. The molecule has 6 rings (SSSR count). The SMILES string of the molecule is Cc1nc(CN2CCN([C@H](C(=O)N[C@@H](Cc3ccccc3)[C@H](O)CN(Cc3ccc(-c4ccccn4)cc3)S(=O)(=O)c3ccc(/C=N/O)cc3)C(C)C)C2=O)cs1. The van der Waals surface area contributed by atoms with Crippen molar-refractivity contribution in [1.82, 2.24) is 29.4 Å². The molecular weight excluding hydrogens is 763 g/mol. The highest BCUT2D eigenvalue weighted by atomic mass is 32.2. The van der Waals surface area contributed by atoms with Crippen LogP contribution in [0.15, 0.2) is 119 Å². The van der Waals surface area contributed by atoms with Crippen molar-refractivity contribution in [2.75, 3.05) is 19.6 Å². The zero-order chi connectivity index (χ0) is 40.5. The maximum Gasteiger partial charge on any atom is 0.321 e. The third-order valence-corrected chi connectivity index (χ3v) is 12.5. The predicted molar refractivity (Wildman–Crippen MR) is 219 cm³/mol. The van der Waals surface area contributed by atoms with Gasteiger partial charge in [0.05, 0.1) is 46.2 Å². The first-order valence-electron chi connectivity index (χ1n) is 18.7. The van der Waals surface area contributed by atoms with Crippen molar-refractivity contribution in [2.45, 2.75) is 63.4 Å². The first-order chi connectivity index (χ1) is 27.4. The minimum Gasteiger partial charge on any atom is -0.411 e. The van der Waals surface area contributed by atoms with Crippen LogP contribution in [0, 0.1) is 12.8 Å². The Morgan fingerprint density at radius 1 is 0.982 bits per heavy atom. The molecule has 3 N–H and O–H groups in total. The molecule has 3 amide bonds. The molecule has 298 valence electrons. The smallest absolute Gasteiger partial charge is 0.321 e. The Bertz CT molecular complexity index is 2240. The molecule has 1 saturated heterocycles. The molecule has 1 aliphatic heterocycles. The highest BCUT2D eigenvalue weighted by Crippen LogP contribution is 2.25. The van der Waals surface area contributed by atoms with E-state index in [4.69, 9.17) is 5.21 Å². The Morgan fingerprint density at radius 2 is 1.70 bits per heavy atom. The third kappa shape index (κ3) is 10.3. The number of amides is 3. The van der Waals surface area contributed by atoms with Crippen LogP contribution in [0.2, 0.25) is 0 Å². The van der Waals surface area contributed by atoms with E-state index in [9.17, 15) is 23.1 Å². The molecule has 3 aromatic carbocycles. The van der Waals surface area contributed by atoms with Crippen LogP contribution in [0.25, 0.3) is 11.3 Å². The van der Waals surface area contributed by atoms with Gasteiger partial charge in [0, 0.05) is 43.3 Å². The van der Waals surface area contributed by atoms with E-state index in [0.29, 0.717) is 30.8 Å². The number of aliphatic hydroxyl groups is 1. The molecule has 1 aliphatic rings. The predicted octanol–water partition coefficient (Wildman–Crippen LogP) is 5.56. The molecule has 13 nitrogen and oxygen atoms in total. The Labute approximate surface area is 337 Å². The molecule has 0 spiro atoms. The number of rotatable bonds is 17. The van der Waals surface area contributed by atoms with E-state index in [2.05, 4.69) is 20.4 Å². The van der Waals surface area contributed by atoms with Crippen molar-refractivity contribution in [2.24, 2.45) is 11.1 Å². The number of aryl methyl sites for hydroxylation is 1. The van der Waals surface area contributed by atoms with Crippen molar-refractivity contribution in [3.63, 3.8) is 0 Å². The summed E-state index contributed by atoms with van der Waals surface area (Å²) in [4.78, 5) is 40.1. The average Bonchev–Trinajstić information content (AvgIpc) is 3.79. The lowest BCUT2D eigenvalue weighted by Gasteiger charge is -2.34. The summed E-state index contributed by atoms with van der Waals surface area (Å²) in [6.45, 7) is 6.33. The van der Waals surface area contributed by atoms with Crippen molar-refractivity contribution >= 4 is 39.5 Å². The van der Waals surface area contributed by atoms with Crippen molar-refractivity contribution in [3.05, 3.63) is 136 Å². The maximum atomic E-state index is 14.4. The van der Waals surface area contributed by atoms with Gasteiger partial charge in [0.15, 0.2) is 0 Å². The van der Waals surface area contributed by atoms with Gasteiger partial charge in [-0.1, -0.05) is 91.8 Å². The summed E-state index contributed by atoms with van der Waals surface area (Å²) >= 11 is 1.52. The van der Waals surface area contributed by atoms with Crippen molar-refractivity contribution in [3.8, 4) is 11.3 Å². The number of pyridine rings is 1. The summed E-state index contributed by atoms with van der Waals surface area (Å²) in [6.07, 6.45) is 1.72. The van der Waals surface area contributed by atoms with E-state index >= 15 is 0 Å². The topological polar surface area (TPSA) is 169 Å². The molecular formula is C42H47N7O6S2. The number of carbonyl (C=O) groups excluding carboxylic acids is 2. The molecule has 0 aliphatic carbocycles. The van der Waals surface area contributed by atoms with Crippen molar-refractivity contribution in [1.29, 1.82) is 0 Å². The molecule has 0 bridgehead atoms. The number of benzene rings is 3. The van der Waals surface area contributed by atoms with Gasteiger partial charge < -0.3 is 25.4 Å². The minimum atomic E-state index is -4.23. The second-order valence-electron chi connectivity index (χ2n) is 14.3. The average molecular weight is 810 g/mol. The highest BCUT2D eigenvalue weighted by molar-refractivity contribution is 7.89. The zero-order valence-electron chi connectivity index (χ0n) is 32.0. The first kappa shape index (κ1) is 41.2. The Morgan fingerprint density at radius 3 is 2.33 bits per heavy atom. The lowest BCUT2D eigenvalue weighted by Crippen LogP contribution is -2.57. The van der Waals surface area contributed by atoms with Crippen LogP contribution in [0.3, 0.4) is 0 Å². The quantitative estimate of drug-likeness (QED) is 0.0623. The monoisotopic (exact) mass is 809 g/mol. The van der Waals surface area contributed by atoms with Crippen molar-refractivity contribution < 1.29 is 28.3 Å². The summed E-state index contributed by atoms with van der Waals surface area (Å²) in [7, 11) is -4.23. The standard InChI is InChI=1S/C42H47N7O6S2/c1-29(2)40(49-22-21-47(42(49)52)26-35-28-56-30(3)45-35)41(51)46-38(23-31-9-5-4-6-10-31)39(50)27-48(57(54,55)36-18-14-32(15-19-36)24-44-53)25-33-12-16-34(17-13-33)37-11-7-8-20-43-37/h4-20,24,28-29,38-40,50,53H,21-23,25-27H2,1-3H3,(H,46,51)/b44-24+/t38-,39+,40-/m0/s1. The molecule has 57 heavy (non-hydrogen) atoms. The fourth-order valence-corrected chi connectivity index (χ4v) is 9.00. The van der Waals surface area contributed by atoms with Crippen LogP contribution in [-0.4, -0.2) is 98.8 Å². The molecule has 1 fully saturated rings. The number of thiazole rings is 1. The van der Waals surface area contributed by atoms with Gasteiger partial charge in [-0.2, -0.15) is 4.31 Å². The molecule has 0 radical (unpaired) electrons. The van der Waals surface area contributed by atoms with Crippen LogP contribution in [0.5, 0.6) is 0 Å². The number of hydrogen-bond acceptors (Lipinski definition) is 10. The fraction of sp³-hybridized carbons (Fsp3) is 0.310. The molecule has 5 aromatic rings. The number of nitrogens with one attached hydrogen (secondary N) is 1. The number of sulfonamides is 1. The van der Waals surface area contributed by atoms with Crippen LogP contribution in [0.4, 0.5) is 4.79 Å². The van der Waals surface area contributed by atoms with Gasteiger partial charge in [-0.05, 0) is 60.2 Å². The molecule has 15 heteroatoms. The Balaban J connectivity index is 1.27. The van der Waals surface area contributed by atoms with Gasteiger partial charge in [0.25, 0.3) is 0 Å². The van der Waals surface area contributed by atoms with Crippen LogP contribution >= 0.6 is 11.3 Å². The van der Waals surface area contributed by atoms with Gasteiger partial charge in [0.2, 0.25) is 15.9 Å². The van der Waals surface area contributed by atoms with Gasteiger partial charge in [0.1, 0.15) is 6.04 Å². The number of aromatic nitrogens is 2. The number of nitrogens with zero attached hydrogens (tertiary/aromatic N) is 6. The number of hydrogen-bond donors (Lipinski definition) is 3.